The van der Waals surface area contributed by atoms with Gasteiger partial charge in [-0.25, -0.2) is 4.98 Å². The van der Waals surface area contributed by atoms with Crippen LogP contribution < -0.4 is 20.1 Å². The minimum Gasteiger partial charge on any atom is -0.493 e. The van der Waals surface area contributed by atoms with Crippen molar-refractivity contribution in [1.82, 2.24) is 15.2 Å². The van der Waals surface area contributed by atoms with Crippen LogP contribution in [0.5, 0.6) is 11.5 Å². The average Bonchev–Trinajstić information content (AvgIpc) is 2.79. The molecule has 0 saturated heterocycles. The molecule has 0 fully saturated rings. The van der Waals surface area contributed by atoms with E-state index in [0.717, 1.165) is 68.7 Å². The van der Waals surface area contributed by atoms with Gasteiger partial charge in [-0.15, -0.1) is 0 Å². The average molecular weight is 414 g/mol. The molecule has 7 nitrogen and oxygen atoms in total. The molecular weight excluding hydrogens is 378 g/mol. The largest absolute Gasteiger partial charge is 0.493 e. The molecule has 30 heavy (non-hydrogen) atoms. The van der Waals surface area contributed by atoms with E-state index in [4.69, 9.17) is 14.5 Å². The van der Waals surface area contributed by atoms with Crippen molar-refractivity contribution >= 4 is 11.8 Å². The third kappa shape index (κ3) is 7.81. The molecule has 1 aromatic heterocycles. The van der Waals surface area contributed by atoms with Gasteiger partial charge in [0, 0.05) is 39.4 Å². The molecule has 1 heterocycles. The molecule has 0 radical (unpaired) electrons. The summed E-state index contributed by atoms with van der Waals surface area (Å²) < 4.78 is 10.7. The number of aliphatic imine (C=N–C) groups is 1. The Morgan fingerprint density at radius 2 is 1.93 bits per heavy atom. The Bertz CT molecular complexity index is 767. The Kier molecular flexibility index (Phi) is 10.3. The lowest BCUT2D eigenvalue weighted by molar-refractivity contribution is 0.354. The zero-order valence-electron chi connectivity index (χ0n) is 18.6. The second-order valence-electron chi connectivity index (χ2n) is 6.95. The molecule has 0 bridgehead atoms. The van der Waals surface area contributed by atoms with Gasteiger partial charge >= 0.3 is 0 Å². The molecule has 0 amide bonds. The van der Waals surface area contributed by atoms with E-state index in [1.165, 1.54) is 5.56 Å². The van der Waals surface area contributed by atoms with E-state index in [2.05, 4.69) is 40.6 Å². The van der Waals surface area contributed by atoms with E-state index in [0.29, 0.717) is 0 Å². The summed E-state index contributed by atoms with van der Waals surface area (Å²) >= 11 is 0. The fraction of sp³-hybridized carbons (Fsp3) is 0.478. The zero-order valence-corrected chi connectivity index (χ0v) is 18.6. The quantitative estimate of drug-likeness (QED) is 0.316. The number of aromatic nitrogens is 1. The van der Waals surface area contributed by atoms with Crippen LogP contribution in [0.3, 0.4) is 0 Å². The van der Waals surface area contributed by atoms with Crippen LogP contribution in [-0.4, -0.2) is 63.3 Å². The maximum atomic E-state index is 5.40. The summed E-state index contributed by atoms with van der Waals surface area (Å²) in [7, 11) is 5.39. The summed E-state index contributed by atoms with van der Waals surface area (Å²) in [5, 5.41) is 6.71. The van der Waals surface area contributed by atoms with Gasteiger partial charge in [0.2, 0.25) is 0 Å². The number of ether oxygens (including phenoxy) is 2. The Hall–Kier alpha value is -2.96. The lowest BCUT2D eigenvalue weighted by atomic mass is 10.1. The number of anilines is 1. The fourth-order valence-corrected chi connectivity index (χ4v) is 3.01. The molecule has 7 heteroatoms. The van der Waals surface area contributed by atoms with Crippen LogP contribution in [0.25, 0.3) is 0 Å². The molecule has 2 rings (SSSR count). The predicted octanol–water partition coefficient (Wildman–Crippen LogP) is 3.43. The normalized spacial score (nSPS) is 11.1. The van der Waals surface area contributed by atoms with Gasteiger partial charge in [-0.3, -0.25) is 4.99 Å². The Balaban J connectivity index is 1.78. The molecule has 0 saturated carbocycles. The van der Waals surface area contributed by atoms with Gasteiger partial charge in [-0.2, -0.15) is 0 Å². The molecule has 0 aliphatic rings. The summed E-state index contributed by atoms with van der Waals surface area (Å²) in [4.78, 5) is 11.2. The van der Waals surface area contributed by atoms with Crippen molar-refractivity contribution in [2.75, 3.05) is 52.8 Å². The first kappa shape index (κ1) is 23.3. The third-order valence-electron chi connectivity index (χ3n) is 4.70. The van der Waals surface area contributed by atoms with Crippen LogP contribution in [0, 0.1) is 0 Å². The Morgan fingerprint density at radius 1 is 1.10 bits per heavy atom. The molecule has 2 N–H and O–H groups in total. The number of likely N-dealkylation sites (N-methyl/N-ethyl adjacent to an activating group) is 1. The van der Waals surface area contributed by atoms with Gasteiger partial charge in [0.05, 0.1) is 14.2 Å². The monoisotopic (exact) mass is 413 g/mol. The number of hydrogen-bond acceptors (Lipinski definition) is 5. The lowest BCUT2D eigenvalue weighted by Crippen LogP contribution is -2.40. The second kappa shape index (κ2) is 13.3. The van der Waals surface area contributed by atoms with E-state index in [1.54, 1.807) is 20.4 Å². The van der Waals surface area contributed by atoms with Crippen molar-refractivity contribution in [3.05, 3.63) is 48.2 Å². The van der Waals surface area contributed by atoms with Crippen LogP contribution in [0.2, 0.25) is 0 Å². The number of guanidine groups is 1. The number of nitrogens with one attached hydrogen (secondary N) is 2. The van der Waals surface area contributed by atoms with E-state index in [-0.39, 0.29) is 0 Å². The molecular formula is C23H35N5O2. The number of benzene rings is 1. The maximum absolute atomic E-state index is 5.40. The van der Waals surface area contributed by atoms with Crippen molar-refractivity contribution in [2.24, 2.45) is 4.99 Å². The topological polar surface area (TPSA) is 71.0 Å². The molecule has 0 unspecified atom stereocenters. The highest BCUT2D eigenvalue weighted by molar-refractivity contribution is 5.79. The molecule has 0 spiro atoms. The highest BCUT2D eigenvalue weighted by Gasteiger charge is 2.08. The highest BCUT2D eigenvalue weighted by Crippen LogP contribution is 2.27. The highest BCUT2D eigenvalue weighted by atomic mass is 16.5. The molecule has 1 aromatic carbocycles. The van der Waals surface area contributed by atoms with Crippen molar-refractivity contribution in [1.29, 1.82) is 0 Å². The number of rotatable bonds is 12. The van der Waals surface area contributed by atoms with Crippen LogP contribution in [0.1, 0.15) is 25.3 Å². The predicted molar refractivity (Wildman–Crippen MR) is 124 cm³/mol. The Morgan fingerprint density at radius 3 is 2.63 bits per heavy atom. The molecule has 0 aliphatic heterocycles. The smallest absolute Gasteiger partial charge is 0.193 e. The maximum Gasteiger partial charge on any atom is 0.193 e. The summed E-state index contributed by atoms with van der Waals surface area (Å²) in [6.45, 7) is 5.50. The van der Waals surface area contributed by atoms with Gasteiger partial charge in [0.1, 0.15) is 5.82 Å². The van der Waals surface area contributed by atoms with Crippen molar-refractivity contribution < 1.29 is 9.47 Å². The number of nitrogens with zero attached hydrogens (tertiary/aromatic N) is 3. The minimum absolute atomic E-state index is 0.752. The lowest BCUT2D eigenvalue weighted by Gasteiger charge is -2.22. The van der Waals surface area contributed by atoms with Crippen LogP contribution in [0.15, 0.2) is 47.6 Å². The van der Waals surface area contributed by atoms with Crippen LogP contribution in [0.4, 0.5) is 5.82 Å². The van der Waals surface area contributed by atoms with Crippen LogP contribution in [-0.2, 0) is 6.42 Å². The second-order valence-corrected chi connectivity index (χ2v) is 6.95. The fourth-order valence-electron chi connectivity index (χ4n) is 3.01. The first-order valence-electron chi connectivity index (χ1n) is 10.5. The van der Waals surface area contributed by atoms with Gasteiger partial charge in [0.25, 0.3) is 0 Å². The summed E-state index contributed by atoms with van der Waals surface area (Å²) in [5.41, 5.74) is 1.20. The summed E-state index contributed by atoms with van der Waals surface area (Å²) in [5.74, 6) is 3.37. The number of pyridine rings is 1. The van der Waals surface area contributed by atoms with Gasteiger partial charge in [-0.1, -0.05) is 12.1 Å². The minimum atomic E-state index is 0.752. The van der Waals surface area contributed by atoms with Crippen molar-refractivity contribution in [3.8, 4) is 11.5 Å². The zero-order chi connectivity index (χ0) is 21.6. The van der Waals surface area contributed by atoms with Gasteiger partial charge < -0.3 is 25.0 Å². The van der Waals surface area contributed by atoms with E-state index < -0.39 is 0 Å². The third-order valence-corrected chi connectivity index (χ3v) is 4.70. The Labute approximate surface area is 180 Å². The standard InChI is InChI=1S/C23H35N5O2/c1-5-24-23(27-16-9-8-15-26-22-10-6-7-14-25-22)28(2)17-13-19-11-12-20(29-3)21(18-19)30-4/h6-7,10-12,14,18H,5,8-9,13,15-17H2,1-4H3,(H,24,27)(H,25,26). The van der Waals surface area contributed by atoms with Gasteiger partial charge in [-0.05, 0) is 56.0 Å². The summed E-state index contributed by atoms with van der Waals surface area (Å²) in [6, 6.07) is 11.9. The molecule has 0 atom stereocenters. The van der Waals surface area contributed by atoms with E-state index in [9.17, 15) is 0 Å². The molecule has 164 valence electrons. The number of hydrogen-bond donors (Lipinski definition) is 2. The molecule has 0 aliphatic carbocycles. The van der Waals surface area contributed by atoms with E-state index in [1.807, 2.05) is 30.3 Å². The molecule has 2 aromatic rings. The first-order chi connectivity index (χ1) is 14.7. The summed E-state index contributed by atoms with van der Waals surface area (Å²) in [6.07, 6.45) is 4.77. The SMILES string of the molecule is CCNC(=NCCCCNc1ccccn1)N(C)CCc1ccc(OC)c(OC)c1. The first-order valence-corrected chi connectivity index (χ1v) is 10.5. The van der Waals surface area contributed by atoms with Crippen LogP contribution >= 0.6 is 0 Å². The van der Waals surface area contributed by atoms with Crippen molar-refractivity contribution in [2.45, 2.75) is 26.2 Å². The van der Waals surface area contributed by atoms with Crippen molar-refractivity contribution in [3.63, 3.8) is 0 Å². The number of methoxy groups -OCH3 is 2. The van der Waals surface area contributed by atoms with E-state index >= 15 is 0 Å². The number of unbranched alkanes of at least 4 members (excludes halogenated alkanes) is 1. The van der Waals surface area contributed by atoms with Gasteiger partial charge in [0.15, 0.2) is 17.5 Å².